The van der Waals surface area contributed by atoms with E-state index < -0.39 is 0 Å². The maximum atomic E-state index is 5.97. The Morgan fingerprint density at radius 3 is 2.47 bits per heavy atom. The first-order valence-corrected chi connectivity index (χ1v) is 5.63. The van der Waals surface area contributed by atoms with Crippen LogP contribution in [0.5, 0.6) is 0 Å². The van der Waals surface area contributed by atoms with Gasteiger partial charge >= 0.3 is 0 Å². The fourth-order valence-electron chi connectivity index (χ4n) is 1.25. The topological polar surface area (TPSA) is 50.7 Å². The van der Waals surface area contributed by atoms with Gasteiger partial charge in [-0.05, 0) is 36.4 Å². The van der Waals surface area contributed by atoms with Crippen LogP contribution in [0.1, 0.15) is 0 Å². The van der Waals surface area contributed by atoms with Crippen molar-refractivity contribution in [2.75, 3.05) is 5.73 Å². The van der Waals surface area contributed by atoms with Crippen molar-refractivity contribution in [1.29, 1.82) is 0 Å². The van der Waals surface area contributed by atoms with Crippen molar-refractivity contribution in [3.63, 3.8) is 0 Å². The van der Waals surface area contributed by atoms with Crippen LogP contribution in [0.25, 0.3) is 0 Å². The third-order valence-corrected chi connectivity index (χ3v) is 2.59. The highest BCUT2D eigenvalue weighted by Crippen LogP contribution is 2.28. The summed E-state index contributed by atoms with van der Waals surface area (Å²) in [5.74, 6) is 0. The van der Waals surface area contributed by atoms with Gasteiger partial charge in [-0.25, -0.2) is 0 Å². The molecule has 0 saturated heterocycles. The summed E-state index contributed by atoms with van der Waals surface area (Å²) >= 11 is 11.8. The first-order chi connectivity index (χ1) is 8.15. The first-order valence-electron chi connectivity index (χ1n) is 4.87. The maximum absolute atomic E-state index is 5.97. The molecule has 0 fully saturated rings. The van der Waals surface area contributed by atoms with Gasteiger partial charge in [0.2, 0.25) is 0 Å². The normalized spacial score (nSPS) is 10.9. The van der Waals surface area contributed by atoms with Crippen molar-refractivity contribution in [1.82, 2.24) is 0 Å². The van der Waals surface area contributed by atoms with Gasteiger partial charge in [-0.2, -0.15) is 5.11 Å². The molecule has 5 heteroatoms. The Morgan fingerprint density at radius 1 is 0.941 bits per heavy atom. The number of halogens is 2. The molecule has 0 heterocycles. The van der Waals surface area contributed by atoms with Gasteiger partial charge in [0.15, 0.2) is 0 Å². The lowest BCUT2D eigenvalue weighted by Crippen LogP contribution is -1.82. The molecule has 2 aromatic rings. The number of hydrogen-bond donors (Lipinski definition) is 1. The van der Waals surface area contributed by atoms with E-state index in [0.29, 0.717) is 27.1 Å². The summed E-state index contributed by atoms with van der Waals surface area (Å²) in [6, 6.07) is 12.2. The predicted octanol–water partition coefficient (Wildman–Crippen LogP) is 4.99. The molecule has 0 aliphatic carbocycles. The average molecular weight is 266 g/mol. The van der Waals surface area contributed by atoms with E-state index in [1.807, 2.05) is 0 Å². The molecule has 0 spiro atoms. The van der Waals surface area contributed by atoms with Crippen molar-refractivity contribution < 1.29 is 0 Å². The van der Waals surface area contributed by atoms with E-state index in [1.165, 1.54) is 0 Å². The lowest BCUT2D eigenvalue weighted by Gasteiger charge is -1.98. The Balaban J connectivity index is 2.26. The second kappa shape index (κ2) is 5.17. The van der Waals surface area contributed by atoms with Gasteiger partial charge in [-0.1, -0.05) is 29.3 Å². The molecular weight excluding hydrogens is 257 g/mol. The monoisotopic (exact) mass is 265 g/mol. The molecule has 0 saturated carbocycles. The third-order valence-electron chi connectivity index (χ3n) is 2.05. The second-order valence-corrected chi connectivity index (χ2v) is 4.23. The number of azo groups is 1. The van der Waals surface area contributed by atoms with E-state index in [0.717, 1.165) is 0 Å². The summed E-state index contributed by atoms with van der Waals surface area (Å²) in [6.07, 6.45) is 0. The Kier molecular flexibility index (Phi) is 3.61. The van der Waals surface area contributed by atoms with Gasteiger partial charge in [0.05, 0.1) is 10.7 Å². The van der Waals surface area contributed by atoms with Crippen molar-refractivity contribution in [3.05, 3.63) is 52.5 Å². The van der Waals surface area contributed by atoms with Crippen LogP contribution >= 0.6 is 23.2 Å². The molecule has 0 radical (unpaired) electrons. The minimum absolute atomic E-state index is 0.468. The van der Waals surface area contributed by atoms with Crippen LogP contribution in [0.2, 0.25) is 10.0 Å². The molecule has 2 rings (SSSR count). The van der Waals surface area contributed by atoms with Crippen LogP contribution in [0, 0.1) is 0 Å². The van der Waals surface area contributed by atoms with Crippen LogP contribution in [0.15, 0.2) is 52.7 Å². The Bertz CT molecular complexity index is 567. The molecule has 0 aromatic heterocycles. The zero-order valence-corrected chi connectivity index (χ0v) is 10.3. The van der Waals surface area contributed by atoms with E-state index in [4.69, 9.17) is 28.9 Å². The lowest BCUT2D eigenvalue weighted by molar-refractivity contribution is 1.23. The molecule has 0 unspecified atom stereocenters. The van der Waals surface area contributed by atoms with E-state index in [2.05, 4.69) is 10.2 Å². The molecule has 0 atom stereocenters. The van der Waals surface area contributed by atoms with Gasteiger partial charge in [-0.15, -0.1) is 5.11 Å². The number of nitrogens with two attached hydrogens (primary N) is 1. The zero-order valence-electron chi connectivity index (χ0n) is 8.77. The maximum Gasteiger partial charge on any atom is 0.104 e. The first kappa shape index (κ1) is 11.9. The van der Waals surface area contributed by atoms with Crippen molar-refractivity contribution in [2.24, 2.45) is 10.2 Å². The minimum Gasteiger partial charge on any atom is -0.399 e. The van der Waals surface area contributed by atoms with Crippen LogP contribution in [0.4, 0.5) is 17.1 Å². The number of hydrogen-bond acceptors (Lipinski definition) is 3. The second-order valence-electron chi connectivity index (χ2n) is 3.39. The summed E-state index contributed by atoms with van der Waals surface area (Å²) in [6.45, 7) is 0. The Hall–Kier alpha value is -1.58. The molecule has 0 aliphatic rings. The smallest absolute Gasteiger partial charge is 0.104 e. The van der Waals surface area contributed by atoms with E-state index in [-0.39, 0.29) is 0 Å². The largest absolute Gasteiger partial charge is 0.399 e. The number of nitrogens with zero attached hydrogens (tertiary/aromatic N) is 2. The summed E-state index contributed by atoms with van der Waals surface area (Å²) in [4.78, 5) is 0. The van der Waals surface area contributed by atoms with Crippen molar-refractivity contribution >= 4 is 40.3 Å². The summed E-state index contributed by atoms with van der Waals surface area (Å²) in [5.41, 5.74) is 7.42. The average Bonchev–Trinajstić information content (AvgIpc) is 2.28. The number of benzene rings is 2. The quantitative estimate of drug-likeness (QED) is 0.604. The molecule has 86 valence electrons. The SMILES string of the molecule is Nc1ccc(N=Nc2cccc(Cl)c2)c(Cl)c1. The summed E-state index contributed by atoms with van der Waals surface area (Å²) in [5, 5.41) is 9.16. The standard InChI is InChI=1S/C12H9Cl2N3/c13-8-2-1-3-10(6-8)16-17-12-5-4-9(15)7-11(12)14/h1-7H,15H2. The van der Waals surface area contributed by atoms with Crippen LogP contribution < -0.4 is 5.73 Å². The molecular formula is C12H9Cl2N3. The highest BCUT2D eigenvalue weighted by molar-refractivity contribution is 6.33. The van der Waals surface area contributed by atoms with Crippen LogP contribution in [-0.2, 0) is 0 Å². The van der Waals surface area contributed by atoms with Gasteiger partial charge in [-0.3, -0.25) is 0 Å². The van der Waals surface area contributed by atoms with Crippen LogP contribution in [-0.4, -0.2) is 0 Å². The van der Waals surface area contributed by atoms with Gasteiger partial charge < -0.3 is 5.73 Å². The molecule has 3 nitrogen and oxygen atoms in total. The Morgan fingerprint density at radius 2 is 1.76 bits per heavy atom. The van der Waals surface area contributed by atoms with Crippen molar-refractivity contribution in [2.45, 2.75) is 0 Å². The van der Waals surface area contributed by atoms with E-state index in [1.54, 1.807) is 42.5 Å². The highest BCUT2D eigenvalue weighted by atomic mass is 35.5. The molecule has 2 aromatic carbocycles. The molecule has 0 amide bonds. The van der Waals surface area contributed by atoms with E-state index in [9.17, 15) is 0 Å². The number of anilines is 1. The van der Waals surface area contributed by atoms with Gasteiger partial charge in [0, 0.05) is 10.7 Å². The molecule has 17 heavy (non-hydrogen) atoms. The molecule has 0 aliphatic heterocycles. The van der Waals surface area contributed by atoms with E-state index >= 15 is 0 Å². The minimum atomic E-state index is 0.468. The predicted molar refractivity (Wildman–Crippen MR) is 71.5 cm³/mol. The fraction of sp³-hybridized carbons (Fsp3) is 0. The van der Waals surface area contributed by atoms with Gasteiger partial charge in [0.25, 0.3) is 0 Å². The van der Waals surface area contributed by atoms with Crippen LogP contribution in [0.3, 0.4) is 0 Å². The number of rotatable bonds is 2. The number of nitrogen functional groups attached to an aromatic ring is 1. The molecule has 2 N–H and O–H groups in total. The summed E-state index contributed by atoms with van der Waals surface area (Å²) in [7, 11) is 0. The summed E-state index contributed by atoms with van der Waals surface area (Å²) < 4.78 is 0. The zero-order chi connectivity index (χ0) is 12.3. The van der Waals surface area contributed by atoms with Crippen molar-refractivity contribution in [3.8, 4) is 0 Å². The van der Waals surface area contributed by atoms with Gasteiger partial charge in [0.1, 0.15) is 5.69 Å². The molecule has 0 bridgehead atoms. The fourth-order valence-corrected chi connectivity index (χ4v) is 1.67. The lowest BCUT2D eigenvalue weighted by atomic mass is 10.3. The Labute approximate surface area is 109 Å². The third kappa shape index (κ3) is 3.19. The highest BCUT2D eigenvalue weighted by Gasteiger charge is 1.99.